The fraction of sp³-hybridized carbons (Fsp3) is 0.333. The summed E-state index contributed by atoms with van der Waals surface area (Å²) in [6, 6.07) is 20.1. The number of benzene rings is 4. The number of hydrogen-bond acceptors (Lipinski definition) is 2. The second-order valence-electron chi connectivity index (χ2n) is 7.77. The van der Waals surface area contributed by atoms with Gasteiger partial charge in [-0.15, -0.1) is 0 Å². The van der Waals surface area contributed by atoms with E-state index in [1.54, 1.807) is 0 Å². The number of rotatable bonds is 4. The van der Waals surface area contributed by atoms with Crippen LogP contribution < -0.4 is 0 Å². The number of hydrogen-bond donors (Lipinski definition) is 0. The minimum Gasteiger partial charge on any atom is -0.367 e. The van der Waals surface area contributed by atoms with Crippen LogP contribution in [-0.2, 0) is 9.26 Å². The highest BCUT2D eigenvalue weighted by Crippen LogP contribution is 2.45. The third kappa shape index (κ3) is 2.83. The van der Waals surface area contributed by atoms with Crippen molar-refractivity contribution in [1.29, 1.82) is 0 Å². The van der Waals surface area contributed by atoms with Crippen molar-refractivity contribution in [3.8, 4) is 0 Å². The minimum atomic E-state index is -0.379. The van der Waals surface area contributed by atoms with Gasteiger partial charge in [-0.05, 0) is 57.6 Å². The molecule has 0 spiro atoms. The Morgan fingerprint density at radius 2 is 1.59 bits per heavy atom. The van der Waals surface area contributed by atoms with Gasteiger partial charge in [-0.2, -0.15) is 0 Å². The SMILES string of the molecule is CC[C@H]1O[C@@H](c2ccc3ccc4cccc5ccc2c3c45)CC1OP(C)C. The summed E-state index contributed by atoms with van der Waals surface area (Å²) in [5.41, 5.74) is 1.31. The summed E-state index contributed by atoms with van der Waals surface area (Å²) < 4.78 is 12.7. The summed E-state index contributed by atoms with van der Waals surface area (Å²) in [6.07, 6.45) is 2.46. The Morgan fingerprint density at radius 1 is 0.926 bits per heavy atom. The first kappa shape index (κ1) is 17.4. The van der Waals surface area contributed by atoms with E-state index in [1.807, 2.05) is 0 Å². The molecule has 2 nitrogen and oxygen atoms in total. The Bertz CT molecular complexity index is 1090. The molecule has 3 heteroatoms. The molecule has 27 heavy (non-hydrogen) atoms. The molecule has 4 aromatic rings. The van der Waals surface area contributed by atoms with Crippen LogP contribution in [0.3, 0.4) is 0 Å². The van der Waals surface area contributed by atoms with Crippen LogP contribution in [-0.4, -0.2) is 25.5 Å². The van der Waals surface area contributed by atoms with Gasteiger partial charge < -0.3 is 9.26 Å². The fourth-order valence-electron chi connectivity index (χ4n) is 4.70. The highest BCUT2D eigenvalue weighted by molar-refractivity contribution is 7.50. The van der Waals surface area contributed by atoms with Gasteiger partial charge >= 0.3 is 0 Å². The molecule has 0 radical (unpaired) electrons. The zero-order valence-corrected chi connectivity index (χ0v) is 17.0. The van der Waals surface area contributed by atoms with Crippen molar-refractivity contribution < 1.29 is 9.26 Å². The molecule has 0 amide bonds. The first-order valence-corrected chi connectivity index (χ1v) is 12.0. The molecule has 0 aliphatic carbocycles. The maximum absolute atomic E-state index is 6.49. The smallest absolute Gasteiger partial charge is 0.0907 e. The normalized spacial score (nSPS) is 23.3. The maximum atomic E-state index is 6.49. The van der Waals surface area contributed by atoms with Crippen LogP contribution in [0.1, 0.15) is 31.4 Å². The Kier molecular flexibility index (Phi) is 4.31. The fourth-order valence-corrected chi connectivity index (χ4v) is 5.46. The lowest BCUT2D eigenvalue weighted by atomic mass is 9.90. The molecule has 0 aromatic heterocycles. The van der Waals surface area contributed by atoms with Crippen molar-refractivity contribution in [1.82, 2.24) is 0 Å². The second-order valence-corrected chi connectivity index (χ2v) is 9.61. The largest absolute Gasteiger partial charge is 0.367 e. The first-order chi connectivity index (χ1) is 13.2. The van der Waals surface area contributed by atoms with Gasteiger partial charge in [0.2, 0.25) is 0 Å². The standard InChI is InChI=1S/C24H25O2P/c1-4-20-22(26-27(2)3)14-21(25-20)18-12-10-17-9-8-15-6-5-7-16-11-13-19(18)24(17)23(15)16/h5-13,20-22H,4,14H2,1-3H3/t20-,21-,22?/m1/s1. The molecular formula is C24H25O2P. The number of ether oxygens (including phenoxy) is 1. The van der Waals surface area contributed by atoms with Crippen LogP contribution in [0.25, 0.3) is 32.3 Å². The van der Waals surface area contributed by atoms with Crippen molar-refractivity contribution in [2.45, 2.75) is 38.1 Å². The molecule has 5 rings (SSSR count). The Morgan fingerprint density at radius 3 is 2.30 bits per heavy atom. The van der Waals surface area contributed by atoms with Crippen molar-refractivity contribution >= 4 is 40.5 Å². The predicted octanol–water partition coefficient (Wildman–Crippen LogP) is 6.87. The lowest BCUT2D eigenvalue weighted by molar-refractivity contribution is 0.0174. The Balaban J connectivity index is 1.66. The van der Waals surface area contributed by atoms with Crippen molar-refractivity contribution in [3.05, 3.63) is 60.2 Å². The second kappa shape index (κ2) is 6.71. The predicted molar refractivity (Wildman–Crippen MR) is 116 cm³/mol. The zero-order valence-electron chi connectivity index (χ0n) is 16.1. The lowest BCUT2D eigenvalue weighted by Gasteiger charge is -2.19. The van der Waals surface area contributed by atoms with Crippen molar-refractivity contribution in [2.24, 2.45) is 0 Å². The summed E-state index contributed by atoms with van der Waals surface area (Å²) in [4.78, 5) is 0. The highest BCUT2D eigenvalue weighted by atomic mass is 31.1. The van der Waals surface area contributed by atoms with Gasteiger partial charge in [0.05, 0.1) is 18.3 Å². The average Bonchev–Trinajstić information content (AvgIpc) is 3.08. The molecule has 1 saturated heterocycles. The summed E-state index contributed by atoms with van der Waals surface area (Å²) in [6.45, 7) is 6.54. The van der Waals surface area contributed by atoms with Crippen molar-refractivity contribution in [2.75, 3.05) is 13.3 Å². The van der Waals surface area contributed by atoms with Gasteiger partial charge in [0.25, 0.3) is 0 Å². The molecule has 0 N–H and O–H groups in total. The van der Waals surface area contributed by atoms with Gasteiger partial charge in [0.15, 0.2) is 0 Å². The van der Waals surface area contributed by atoms with Crippen LogP contribution in [0, 0.1) is 0 Å². The van der Waals surface area contributed by atoms with E-state index >= 15 is 0 Å². The van der Waals surface area contributed by atoms with E-state index in [-0.39, 0.29) is 26.5 Å². The molecule has 138 valence electrons. The van der Waals surface area contributed by atoms with Crippen LogP contribution in [0.2, 0.25) is 0 Å². The van der Waals surface area contributed by atoms with E-state index in [2.05, 4.69) is 74.9 Å². The van der Waals surface area contributed by atoms with Gasteiger partial charge in [-0.3, -0.25) is 0 Å². The molecule has 4 aromatic carbocycles. The third-order valence-electron chi connectivity index (χ3n) is 5.86. The van der Waals surface area contributed by atoms with Crippen LogP contribution in [0.15, 0.2) is 54.6 Å². The summed E-state index contributed by atoms with van der Waals surface area (Å²) in [5, 5.41) is 8.00. The first-order valence-electron chi connectivity index (χ1n) is 9.81. The van der Waals surface area contributed by atoms with Crippen LogP contribution in [0.4, 0.5) is 0 Å². The molecule has 1 aliphatic heterocycles. The van der Waals surface area contributed by atoms with Crippen molar-refractivity contribution in [3.63, 3.8) is 0 Å². The van der Waals surface area contributed by atoms with Gasteiger partial charge in [-0.1, -0.05) is 61.5 Å². The molecule has 1 fully saturated rings. The minimum absolute atomic E-state index is 0.111. The summed E-state index contributed by atoms with van der Waals surface area (Å²) in [7, 11) is -0.379. The topological polar surface area (TPSA) is 18.5 Å². The van der Waals surface area contributed by atoms with E-state index < -0.39 is 0 Å². The van der Waals surface area contributed by atoms with E-state index in [0.29, 0.717) is 0 Å². The monoisotopic (exact) mass is 376 g/mol. The van der Waals surface area contributed by atoms with E-state index in [1.165, 1.54) is 37.9 Å². The third-order valence-corrected chi connectivity index (χ3v) is 6.55. The Hall–Kier alpha value is -1.73. The lowest BCUT2D eigenvalue weighted by Crippen LogP contribution is -2.21. The van der Waals surface area contributed by atoms with Gasteiger partial charge in [0.1, 0.15) is 0 Å². The average molecular weight is 376 g/mol. The molecule has 0 bridgehead atoms. The molecule has 1 unspecified atom stereocenters. The van der Waals surface area contributed by atoms with Crippen LogP contribution in [0.5, 0.6) is 0 Å². The molecular weight excluding hydrogens is 351 g/mol. The molecule has 3 atom stereocenters. The Labute approximate surface area is 161 Å². The maximum Gasteiger partial charge on any atom is 0.0907 e. The van der Waals surface area contributed by atoms with Crippen LogP contribution >= 0.6 is 8.15 Å². The van der Waals surface area contributed by atoms with E-state index in [0.717, 1.165) is 12.8 Å². The zero-order chi connectivity index (χ0) is 18.5. The van der Waals surface area contributed by atoms with E-state index in [4.69, 9.17) is 9.26 Å². The van der Waals surface area contributed by atoms with Gasteiger partial charge in [-0.25, -0.2) is 0 Å². The summed E-state index contributed by atoms with van der Waals surface area (Å²) >= 11 is 0. The quantitative estimate of drug-likeness (QED) is 0.286. The molecule has 1 aliphatic rings. The molecule has 0 saturated carbocycles. The molecule has 1 heterocycles. The van der Waals surface area contributed by atoms with E-state index in [9.17, 15) is 0 Å². The highest BCUT2D eigenvalue weighted by Gasteiger charge is 2.37. The summed E-state index contributed by atoms with van der Waals surface area (Å²) in [5.74, 6) is 0. The van der Waals surface area contributed by atoms with Gasteiger partial charge in [0, 0.05) is 14.6 Å².